The lowest BCUT2D eigenvalue weighted by atomic mass is 9.77. The lowest BCUT2D eigenvalue weighted by Crippen LogP contribution is -2.40. The van der Waals surface area contributed by atoms with Gasteiger partial charge < -0.3 is 10.0 Å². The molecule has 86 valence electrons. The number of benzene rings is 1. The van der Waals surface area contributed by atoms with E-state index in [1.165, 1.54) is 18.5 Å². The second-order valence-electron chi connectivity index (χ2n) is 5.13. The lowest BCUT2D eigenvalue weighted by molar-refractivity contribution is 0.0784. The van der Waals surface area contributed by atoms with Gasteiger partial charge in [-0.2, -0.15) is 0 Å². The zero-order valence-corrected chi connectivity index (χ0v) is 9.60. The first-order chi connectivity index (χ1) is 7.83. The molecule has 1 heterocycles. The van der Waals surface area contributed by atoms with Crippen molar-refractivity contribution in [2.24, 2.45) is 0 Å². The van der Waals surface area contributed by atoms with Crippen molar-refractivity contribution in [3.63, 3.8) is 0 Å². The van der Waals surface area contributed by atoms with Crippen LogP contribution in [0.5, 0.6) is 0 Å². The molecule has 0 bridgehead atoms. The molecule has 1 aliphatic heterocycles. The van der Waals surface area contributed by atoms with Gasteiger partial charge in [0.25, 0.3) is 0 Å². The fourth-order valence-corrected chi connectivity index (χ4v) is 2.94. The third kappa shape index (κ3) is 1.87. The summed E-state index contributed by atoms with van der Waals surface area (Å²) >= 11 is 0. The van der Waals surface area contributed by atoms with Crippen molar-refractivity contribution in [3.05, 3.63) is 35.4 Å². The van der Waals surface area contributed by atoms with Crippen LogP contribution in [0.25, 0.3) is 0 Å². The number of rotatable bonds is 2. The number of hydrogen-bond acceptors (Lipinski definition) is 2. The van der Waals surface area contributed by atoms with Gasteiger partial charge in [-0.05, 0) is 30.4 Å². The second kappa shape index (κ2) is 4.19. The van der Waals surface area contributed by atoms with E-state index in [2.05, 4.69) is 29.2 Å². The maximum absolute atomic E-state index is 9.46. The summed E-state index contributed by atoms with van der Waals surface area (Å²) in [6.45, 7) is 3.32. The van der Waals surface area contributed by atoms with E-state index in [-0.39, 0.29) is 6.10 Å². The molecule has 1 fully saturated rings. The average molecular weight is 217 g/mol. The maximum atomic E-state index is 9.46. The van der Waals surface area contributed by atoms with E-state index in [1.807, 2.05) is 0 Å². The Bertz CT molecular complexity index is 369. The van der Waals surface area contributed by atoms with E-state index in [0.29, 0.717) is 0 Å². The summed E-state index contributed by atoms with van der Waals surface area (Å²) in [6, 6.07) is 8.78. The largest absolute Gasteiger partial charge is 0.393 e. The smallest absolute Gasteiger partial charge is 0.0564 e. The van der Waals surface area contributed by atoms with Crippen LogP contribution in [-0.2, 0) is 6.42 Å². The zero-order valence-electron chi connectivity index (χ0n) is 9.60. The third-order valence-corrected chi connectivity index (χ3v) is 4.00. The highest BCUT2D eigenvalue weighted by Gasteiger charge is 2.28. The highest BCUT2D eigenvalue weighted by molar-refractivity contribution is 5.40. The summed E-state index contributed by atoms with van der Waals surface area (Å²) in [4.78, 5) is 2.51. The third-order valence-electron chi connectivity index (χ3n) is 4.00. The van der Waals surface area contributed by atoms with E-state index in [0.717, 1.165) is 31.8 Å². The number of hydrogen-bond donors (Lipinski definition) is 1. The summed E-state index contributed by atoms with van der Waals surface area (Å²) < 4.78 is 0. The van der Waals surface area contributed by atoms with E-state index in [1.54, 1.807) is 5.56 Å². The minimum absolute atomic E-state index is 0.0510. The Labute approximate surface area is 96.9 Å². The Morgan fingerprint density at radius 1 is 1.19 bits per heavy atom. The van der Waals surface area contributed by atoms with Crippen LogP contribution >= 0.6 is 0 Å². The van der Waals surface area contributed by atoms with Gasteiger partial charge in [-0.15, -0.1) is 0 Å². The van der Waals surface area contributed by atoms with Crippen LogP contribution in [0.15, 0.2) is 24.3 Å². The van der Waals surface area contributed by atoms with Crippen molar-refractivity contribution in [1.82, 2.24) is 4.90 Å². The number of piperidine rings is 1. The molecule has 16 heavy (non-hydrogen) atoms. The summed E-state index contributed by atoms with van der Waals surface area (Å²) in [7, 11) is 0. The van der Waals surface area contributed by atoms with Gasteiger partial charge in [0.05, 0.1) is 6.10 Å². The van der Waals surface area contributed by atoms with Crippen molar-refractivity contribution >= 4 is 0 Å². The number of nitrogens with zero attached hydrogens (tertiary/aromatic N) is 1. The van der Waals surface area contributed by atoms with Crippen molar-refractivity contribution in [1.29, 1.82) is 0 Å². The molecule has 3 rings (SSSR count). The van der Waals surface area contributed by atoms with Gasteiger partial charge in [0.15, 0.2) is 0 Å². The average Bonchev–Trinajstić information content (AvgIpc) is 2.28. The molecule has 1 unspecified atom stereocenters. The van der Waals surface area contributed by atoms with E-state index in [9.17, 15) is 5.11 Å². The predicted octanol–water partition coefficient (Wildman–Crippen LogP) is 1.78. The van der Waals surface area contributed by atoms with Crippen LogP contribution in [0, 0.1) is 0 Å². The van der Waals surface area contributed by atoms with Gasteiger partial charge in [0, 0.05) is 25.6 Å². The van der Waals surface area contributed by atoms with Crippen molar-refractivity contribution in [2.75, 3.05) is 19.6 Å². The monoisotopic (exact) mass is 217 g/mol. The topological polar surface area (TPSA) is 23.5 Å². The molecule has 2 aliphatic rings. The minimum Gasteiger partial charge on any atom is -0.393 e. The number of aliphatic hydroxyl groups is 1. The Morgan fingerprint density at radius 2 is 1.94 bits per heavy atom. The molecule has 1 saturated heterocycles. The number of aliphatic hydroxyl groups excluding tert-OH is 1. The van der Waals surface area contributed by atoms with Crippen molar-refractivity contribution in [2.45, 2.75) is 31.3 Å². The molecule has 1 aromatic carbocycles. The van der Waals surface area contributed by atoms with E-state index in [4.69, 9.17) is 0 Å². The van der Waals surface area contributed by atoms with Crippen LogP contribution in [0.1, 0.15) is 29.9 Å². The SMILES string of the molecule is OC1CCN(CC2Cc3ccccc32)CC1. The Hall–Kier alpha value is -0.860. The van der Waals surface area contributed by atoms with Crippen molar-refractivity contribution < 1.29 is 5.11 Å². The molecule has 2 nitrogen and oxygen atoms in total. The van der Waals surface area contributed by atoms with Crippen LogP contribution in [0.2, 0.25) is 0 Å². The molecule has 1 aliphatic carbocycles. The maximum Gasteiger partial charge on any atom is 0.0564 e. The van der Waals surface area contributed by atoms with Crippen LogP contribution in [0.3, 0.4) is 0 Å². The molecule has 0 amide bonds. The van der Waals surface area contributed by atoms with Crippen molar-refractivity contribution in [3.8, 4) is 0 Å². The van der Waals surface area contributed by atoms with Crippen LogP contribution < -0.4 is 0 Å². The van der Waals surface area contributed by atoms with Gasteiger partial charge in [-0.3, -0.25) is 0 Å². The zero-order chi connectivity index (χ0) is 11.0. The van der Waals surface area contributed by atoms with E-state index < -0.39 is 0 Å². The lowest BCUT2D eigenvalue weighted by Gasteiger charge is -2.37. The predicted molar refractivity (Wildman–Crippen MR) is 64.6 cm³/mol. The molecular weight excluding hydrogens is 198 g/mol. The molecule has 0 radical (unpaired) electrons. The van der Waals surface area contributed by atoms with E-state index >= 15 is 0 Å². The van der Waals surface area contributed by atoms with Gasteiger partial charge in [0.1, 0.15) is 0 Å². The standard InChI is InChI=1S/C14H19NO/c16-13-5-7-15(8-6-13)10-12-9-11-3-1-2-4-14(11)12/h1-4,12-13,16H,5-10H2. The summed E-state index contributed by atoms with van der Waals surface area (Å²) in [5.41, 5.74) is 3.08. The Kier molecular flexibility index (Phi) is 2.70. The molecule has 1 aromatic rings. The van der Waals surface area contributed by atoms with Gasteiger partial charge in [-0.1, -0.05) is 24.3 Å². The Morgan fingerprint density at radius 3 is 2.69 bits per heavy atom. The molecule has 0 aromatic heterocycles. The first-order valence-corrected chi connectivity index (χ1v) is 6.31. The summed E-state index contributed by atoms with van der Waals surface area (Å²) in [6.07, 6.45) is 3.10. The highest BCUT2D eigenvalue weighted by Crippen LogP contribution is 2.35. The Balaban J connectivity index is 1.58. The molecule has 1 atom stereocenters. The molecular formula is C14H19NO. The molecule has 1 N–H and O–H groups in total. The van der Waals surface area contributed by atoms with Crippen LogP contribution in [0.4, 0.5) is 0 Å². The quantitative estimate of drug-likeness (QED) is 0.816. The molecule has 0 spiro atoms. The summed E-state index contributed by atoms with van der Waals surface area (Å²) in [5, 5.41) is 9.46. The number of fused-ring (bicyclic) bond motifs is 1. The van der Waals surface area contributed by atoms with Gasteiger partial charge in [0.2, 0.25) is 0 Å². The van der Waals surface area contributed by atoms with Gasteiger partial charge >= 0.3 is 0 Å². The van der Waals surface area contributed by atoms with Crippen LogP contribution in [-0.4, -0.2) is 35.7 Å². The first-order valence-electron chi connectivity index (χ1n) is 6.31. The minimum atomic E-state index is -0.0510. The second-order valence-corrected chi connectivity index (χ2v) is 5.13. The summed E-state index contributed by atoms with van der Waals surface area (Å²) in [5.74, 6) is 0.742. The fraction of sp³-hybridized carbons (Fsp3) is 0.571. The van der Waals surface area contributed by atoms with Gasteiger partial charge in [-0.25, -0.2) is 0 Å². The normalized spacial score (nSPS) is 26.2. The molecule has 2 heteroatoms. The molecule has 0 saturated carbocycles. The number of likely N-dealkylation sites (tertiary alicyclic amines) is 1. The fourth-order valence-electron chi connectivity index (χ4n) is 2.94. The highest BCUT2D eigenvalue weighted by atomic mass is 16.3. The first kappa shape index (κ1) is 10.3.